The number of hydrogen-bond donors (Lipinski definition) is 2. The predicted molar refractivity (Wildman–Crippen MR) is 170 cm³/mol. The fraction of sp³-hybridized carbons (Fsp3) is 0.167. The molecule has 1 aromatic heterocycles. The Balaban J connectivity index is 1.48. The van der Waals surface area contributed by atoms with Crippen LogP contribution < -0.4 is 15.4 Å². The summed E-state index contributed by atoms with van der Waals surface area (Å²) < 4.78 is 11.1. The number of pyridine rings is 1. The molecule has 0 aliphatic carbocycles. The monoisotopic (exact) mass is 587 g/mol. The summed E-state index contributed by atoms with van der Waals surface area (Å²) in [6, 6.07) is 33.1. The lowest BCUT2D eigenvalue weighted by atomic mass is 10.00. The molecule has 44 heavy (non-hydrogen) atoms. The van der Waals surface area contributed by atoms with Crippen LogP contribution in [-0.2, 0) is 4.74 Å². The van der Waals surface area contributed by atoms with Crippen LogP contribution in [0.4, 0.5) is 0 Å². The van der Waals surface area contributed by atoms with Gasteiger partial charge in [-0.1, -0.05) is 97.9 Å². The van der Waals surface area contributed by atoms with Crippen LogP contribution in [-0.4, -0.2) is 43.0 Å². The van der Waals surface area contributed by atoms with Gasteiger partial charge in [0, 0.05) is 10.9 Å². The van der Waals surface area contributed by atoms with Crippen LogP contribution in [0, 0.1) is 0 Å². The van der Waals surface area contributed by atoms with E-state index in [4.69, 9.17) is 14.5 Å². The van der Waals surface area contributed by atoms with E-state index in [1.807, 2.05) is 91.9 Å². The van der Waals surface area contributed by atoms with Crippen molar-refractivity contribution < 1.29 is 23.9 Å². The molecule has 0 saturated heterocycles. The fourth-order valence-corrected chi connectivity index (χ4v) is 5.07. The molecule has 0 spiro atoms. The zero-order valence-corrected chi connectivity index (χ0v) is 24.6. The largest absolute Gasteiger partial charge is 0.489 e. The number of carbonyl (C=O) groups is 3. The standard InChI is InChI=1S/C36H33N3O5/c1-3-29(24-14-6-4-7-15-24)39-35(41)31-28-20-12-13-21-30(28)38-32(25-16-8-5-9-17-25)33(31)44-23-22-37-34(40)26-18-10-11-19-27(26)36(42)43-2/h4-21,29H,3,22-23H2,1-2H3,(H,37,40)(H,39,41)/t29-/m0/s1. The number of amides is 2. The highest BCUT2D eigenvalue weighted by Crippen LogP contribution is 2.37. The first-order chi connectivity index (χ1) is 21.5. The molecule has 0 radical (unpaired) electrons. The van der Waals surface area contributed by atoms with Crippen molar-refractivity contribution in [1.29, 1.82) is 0 Å². The Bertz CT molecular complexity index is 1770. The molecule has 0 fully saturated rings. The molecule has 0 bridgehead atoms. The third-order valence-corrected chi connectivity index (χ3v) is 7.25. The van der Waals surface area contributed by atoms with Gasteiger partial charge in [0.2, 0.25) is 0 Å². The number of methoxy groups -OCH3 is 1. The molecule has 5 rings (SSSR count). The van der Waals surface area contributed by atoms with Gasteiger partial charge in [-0.3, -0.25) is 9.59 Å². The first-order valence-electron chi connectivity index (χ1n) is 14.4. The van der Waals surface area contributed by atoms with Crippen molar-refractivity contribution in [1.82, 2.24) is 15.6 Å². The number of hydrogen-bond acceptors (Lipinski definition) is 6. The van der Waals surface area contributed by atoms with Gasteiger partial charge in [-0.25, -0.2) is 9.78 Å². The number of nitrogens with zero attached hydrogens (tertiary/aromatic N) is 1. The molecule has 5 aromatic rings. The number of ether oxygens (including phenoxy) is 2. The van der Waals surface area contributed by atoms with Gasteiger partial charge in [0.25, 0.3) is 11.8 Å². The molecule has 0 aliphatic heterocycles. The van der Waals surface area contributed by atoms with E-state index < -0.39 is 11.9 Å². The van der Waals surface area contributed by atoms with Gasteiger partial charge >= 0.3 is 5.97 Å². The van der Waals surface area contributed by atoms with Crippen molar-refractivity contribution in [2.45, 2.75) is 19.4 Å². The molecule has 0 unspecified atom stereocenters. The SMILES string of the molecule is CC[C@H](NC(=O)c1c(OCCNC(=O)c2ccccc2C(=O)OC)c(-c2ccccc2)nc2ccccc12)c1ccccc1. The maximum Gasteiger partial charge on any atom is 0.338 e. The number of aromatic nitrogens is 1. The lowest BCUT2D eigenvalue weighted by Crippen LogP contribution is -2.31. The second kappa shape index (κ2) is 14.1. The molecule has 4 aromatic carbocycles. The van der Waals surface area contributed by atoms with Crippen LogP contribution in [0.5, 0.6) is 5.75 Å². The zero-order valence-electron chi connectivity index (χ0n) is 24.6. The second-order valence-corrected chi connectivity index (χ2v) is 10.0. The van der Waals surface area contributed by atoms with E-state index in [9.17, 15) is 14.4 Å². The maximum absolute atomic E-state index is 14.1. The number of nitrogens with one attached hydrogen (secondary N) is 2. The average molecular weight is 588 g/mol. The number of fused-ring (bicyclic) bond motifs is 1. The topological polar surface area (TPSA) is 107 Å². The van der Waals surface area contributed by atoms with Gasteiger partial charge in [-0.2, -0.15) is 0 Å². The Labute approximate surface area is 256 Å². The smallest absolute Gasteiger partial charge is 0.338 e. The minimum absolute atomic E-state index is 0.0438. The highest BCUT2D eigenvalue weighted by molar-refractivity contribution is 6.10. The molecule has 8 heteroatoms. The Kier molecular flexibility index (Phi) is 9.61. The van der Waals surface area contributed by atoms with Crippen molar-refractivity contribution in [3.05, 3.63) is 131 Å². The zero-order chi connectivity index (χ0) is 30.9. The van der Waals surface area contributed by atoms with Crippen LogP contribution in [0.15, 0.2) is 109 Å². The maximum atomic E-state index is 14.1. The summed E-state index contributed by atoms with van der Waals surface area (Å²) in [5.41, 5.74) is 3.70. The molecule has 1 atom stereocenters. The van der Waals surface area contributed by atoms with Crippen LogP contribution in [0.3, 0.4) is 0 Å². The van der Waals surface area contributed by atoms with E-state index in [1.165, 1.54) is 13.2 Å². The van der Waals surface area contributed by atoms with Crippen molar-refractivity contribution in [2.24, 2.45) is 0 Å². The first kappa shape index (κ1) is 30.0. The van der Waals surface area contributed by atoms with Crippen LogP contribution in [0.1, 0.15) is 56.0 Å². The summed E-state index contributed by atoms with van der Waals surface area (Å²) in [5.74, 6) is -1.01. The van der Waals surface area contributed by atoms with Gasteiger partial charge in [-0.15, -0.1) is 0 Å². The number of carbonyl (C=O) groups excluding carboxylic acids is 3. The minimum Gasteiger partial charge on any atom is -0.489 e. The van der Waals surface area contributed by atoms with Crippen molar-refractivity contribution in [3.63, 3.8) is 0 Å². The number of esters is 1. The third-order valence-electron chi connectivity index (χ3n) is 7.25. The van der Waals surface area contributed by atoms with E-state index in [0.717, 1.165) is 11.1 Å². The molecular weight excluding hydrogens is 554 g/mol. The van der Waals surface area contributed by atoms with E-state index in [2.05, 4.69) is 10.6 Å². The lowest BCUT2D eigenvalue weighted by Gasteiger charge is -2.21. The van der Waals surface area contributed by atoms with Crippen LogP contribution in [0.25, 0.3) is 22.2 Å². The summed E-state index contributed by atoms with van der Waals surface area (Å²) in [7, 11) is 1.27. The highest BCUT2D eigenvalue weighted by Gasteiger charge is 2.25. The molecule has 2 N–H and O–H groups in total. The molecule has 1 heterocycles. The normalized spacial score (nSPS) is 11.4. The van der Waals surface area contributed by atoms with E-state index in [-0.39, 0.29) is 36.2 Å². The van der Waals surface area contributed by atoms with Gasteiger partial charge in [0.15, 0.2) is 5.75 Å². The summed E-state index contributed by atoms with van der Waals surface area (Å²) in [6.07, 6.45) is 0.694. The average Bonchev–Trinajstić information content (AvgIpc) is 3.08. The van der Waals surface area contributed by atoms with Crippen molar-refractivity contribution >= 4 is 28.7 Å². The molecule has 2 amide bonds. The van der Waals surface area contributed by atoms with E-state index in [1.54, 1.807) is 18.2 Å². The quantitative estimate of drug-likeness (QED) is 0.137. The molecular formula is C36H33N3O5. The lowest BCUT2D eigenvalue weighted by molar-refractivity contribution is 0.0596. The molecule has 222 valence electrons. The number of rotatable bonds is 11. The Morgan fingerprint density at radius 3 is 2.11 bits per heavy atom. The van der Waals surface area contributed by atoms with Crippen molar-refractivity contribution in [3.8, 4) is 17.0 Å². The first-order valence-corrected chi connectivity index (χ1v) is 14.4. The van der Waals surface area contributed by atoms with Gasteiger partial charge in [-0.05, 0) is 30.2 Å². The van der Waals surface area contributed by atoms with Gasteiger partial charge in [0.05, 0.1) is 41.9 Å². The van der Waals surface area contributed by atoms with Crippen LogP contribution >= 0.6 is 0 Å². The Hall–Kier alpha value is -5.50. The summed E-state index contributed by atoms with van der Waals surface area (Å²) in [6.45, 7) is 2.18. The number of benzene rings is 4. The highest BCUT2D eigenvalue weighted by atomic mass is 16.5. The molecule has 8 nitrogen and oxygen atoms in total. The fourth-order valence-electron chi connectivity index (χ4n) is 5.07. The van der Waals surface area contributed by atoms with Gasteiger partial charge in [0.1, 0.15) is 12.3 Å². The van der Waals surface area contributed by atoms with Gasteiger partial charge < -0.3 is 20.1 Å². The summed E-state index contributed by atoms with van der Waals surface area (Å²) in [4.78, 5) is 44.2. The third kappa shape index (κ3) is 6.60. The number of para-hydroxylation sites is 1. The summed E-state index contributed by atoms with van der Waals surface area (Å²) in [5, 5.41) is 6.66. The Morgan fingerprint density at radius 2 is 1.41 bits per heavy atom. The Morgan fingerprint density at radius 1 is 0.773 bits per heavy atom. The molecule has 0 aliphatic rings. The van der Waals surface area contributed by atoms with Crippen molar-refractivity contribution in [2.75, 3.05) is 20.3 Å². The predicted octanol–water partition coefficient (Wildman–Crippen LogP) is 6.38. The van der Waals surface area contributed by atoms with E-state index in [0.29, 0.717) is 34.3 Å². The van der Waals surface area contributed by atoms with Crippen LogP contribution in [0.2, 0.25) is 0 Å². The second-order valence-electron chi connectivity index (χ2n) is 10.0. The van der Waals surface area contributed by atoms with E-state index >= 15 is 0 Å². The summed E-state index contributed by atoms with van der Waals surface area (Å²) >= 11 is 0. The minimum atomic E-state index is -0.599. The molecule has 0 saturated carbocycles.